The highest BCUT2D eigenvalue weighted by atomic mass is 19.1. The molecule has 1 aromatic carbocycles. The van der Waals surface area contributed by atoms with Crippen molar-refractivity contribution in [1.29, 1.82) is 0 Å². The number of carbonyl (C=O) groups is 1. The summed E-state index contributed by atoms with van der Waals surface area (Å²) in [5, 5.41) is 7.73. The molecule has 3 N–H and O–H groups in total. The zero-order valence-corrected chi connectivity index (χ0v) is 15.5. The van der Waals surface area contributed by atoms with Crippen LogP contribution >= 0.6 is 0 Å². The maximum Gasteiger partial charge on any atom is 0.252 e. The summed E-state index contributed by atoms with van der Waals surface area (Å²) in [6.07, 6.45) is 5.67. The summed E-state index contributed by atoms with van der Waals surface area (Å²) in [6, 6.07) is 5.36. The molecule has 6 nitrogen and oxygen atoms in total. The molecule has 1 unspecified atom stereocenters. The highest BCUT2D eigenvalue weighted by Crippen LogP contribution is 2.27. The lowest BCUT2D eigenvalue weighted by atomic mass is 9.96. The van der Waals surface area contributed by atoms with Crippen LogP contribution in [0.25, 0.3) is 0 Å². The van der Waals surface area contributed by atoms with Gasteiger partial charge in [0.1, 0.15) is 5.82 Å². The second-order valence-electron chi connectivity index (χ2n) is 7.52. The molecule has 0 aliphatic carbocycles. The number of nitrogens with zero attached hydrogens (tertiary/aromatic N) is 3. The molecule has 1 fully saturated rings. The van der Waals surface area contributed by atoms with Gasteiger partial charge in [0.2, 0.25) is 0 Å². The number of primary amides is 1. The third-order valence-corrected chi connectivity index (χ3v) is 5.71. The minimum atomic E-state index is -0.415. The van der Waals surface area contributed by atoms with E-state index >= 15 is 0 Å². The normalized spacial score (nSPS) is 19.3. The Balaban J connectivity index is 1.37. The Hall–Kier alpha value is -2.41. The lowest BCUT2D eigenvalue weighted by Gasteiger charge is -2.25. The van der Waals surface area contributed by atoms with Crippen LogP contribution in [0.4, 0.5) is 10.1 Å². The van der Waals surface area contributed by atoms with Crippen LogP contribution in [0.2, 0.25) is 0 Å². The maximum absolute atomic E-state index is 14.4. The van der Waals surface area contributed by atoms with Crippen molar-refractivity contribution in [2.24, 2.45) is 11.7 Å². The second-order valence-corrected chi connectivity index (χ2v) is 7.52. The average molecular weight is 371 g/mol. The fraction of sp³-hybridized carbons (Fsp3) is 0.500. The van der Waals surface area contributed by atoms with Crippen molar-refractivity contribution in [3.05, 3.63) is 47.0 Å². The third-order valence-electron chi connectivity index (χ3n) is 5.71. The van der Waals surface area contributed by atoms with Crippen LogP contribution in [-0.4, -0.2) is 35.3 Å². The Morgan fingerprint density at radius 3 is 2.93 bits per heavy atom. The second kappa shape index (κ2) is 7.68. The van der Waals surface area contributed by atoms with E-state index in [1.807, 2.05) is 10.7 Å². The molecule has 7 heteroatoms. The van der Waals surface area contributed by atoms with E-state index in [2.05, 4.69) is 15.3 Å². The van der Waals surface area contributed by atoms with E-state index in [4.69, 9.17) is 5.73 Å². The first kappa shape index (κ1) is 18.0. The van der Waals surface area contributed by atoms with Crippen molar-refractivity contribution >= 4 is 11.6 Å². The molecule has 0 spiro atoms. The van der Waals surface area contributed by atoms with Gasteiger partial charge in [0.15, 0.2) is 0 Å². The Morgan fingerprint density at radius 2 is 2.15 bits per heavy atom. The topological polar surface area (TPSA) is 76.2 Å². The molecule has 2 aliphatic heterocycles. The largest absolute Gasteiger partial charge is 0.371 e. The highest BCUT2D eigenvalue weighted by molar-refractivity contribution is 5.93. The first-order valence-corrected chi connectivity index (χ1v) is 9.71. The molecule has 144 valence electrons. The molecule has 1 aromatic heterocycles. The number of rotatable bonds is 6. The van der Waals surface area contributed by atoms with Gasteiger partial charge in [-0.25, -0.2) is 4.39 Å². The van der Waals surface area contributed by atoms with Crippen molar-refractivity contribution in [3.8, 4) is 0 Å². The monoisotopic (exact) mass is 371 g/mol. The van der Waals surface area contributed by atoms with E-state index in [-0.39, 0.29) is 5.82 Å². The van der Waals surface area contributed by atoms with Crippen molar-refractivity contribution in [2.75, 3.05) is 24.5 Å². The number of nitrogens with two attached hydrogens (primary N) is 1. The molecule has 3 heterocycles. The molecule has 0 bridgehead atoms. The zero-order valence-electron chi connectivity index (χ0n) is 15.5. The Morgan fingerprint density at radius 1 is 1.33 bits per heavy atom. The van der Waals surface area contributed by atoms with E-state index < -0.39 is 5.91 Å². The van der Waals surface area contributed by atoms with E-state index in [1.165, 1.54) is 12.8 Å². The molecule has 0 saturated carbocycles. The van der Waals surface area contributed by atoms with Crippen molar-refractivity contribution in [1.82, 2.24) is 15.1 Å². The molecule has 1 atom stereocenters. The lowest BCUT2D eigenvalue weighted by molar-refractivity contribution is 0.0998. The number of amides is 1. The van der Waals surface area contributed by atoms with Gasteiger partial charge in [-0.05, 0) is 43.7 Å². The first-order valence-electron chi connectivity index (χ1n) is 9.71. The van der Waals surface area contributed by atoms with Crippen LogP contribution in [-0.2, 0) is 19.5 Å². The number of hydrogen-bond acceptors (Lipinski definition) is 4. The smallest absolute Gasteiger partial charge is 0.252 e. The summed E-state index contributed by atoms with van der Waals surface area (Å²) in [6.45, 7) is 4.07. The molecule has 0 radical (unpaired) electrons. The summed E-state index contributed by atoms with van der Waals surface area (Å²) >= 11 is 0. The first-order chi connectivity index (χ1) is 13.1. The van der Waals surface area contributed by atoms with Crippen LogP contribution < -0.4 is 16.0 Å². The van der Waals surface area contributed by atoms with Crippen LogP contribution in [0.15, 0.2) is 24.4 Å². The molecule has 4 rings (SSSR count). The minimum absolute atomic E-state index is 0.143. The van der Waals surface area contributed by atoms with Gasteiger partial charge in [0.05, 0.1) is 17.5 Å². The Labute approximate surface area is 158 Å². The number of fused-ring (bicyclic) bond motifs is 1. The van der Waals surface area contributed by atoms with Crippen molar-refractivity contribution in [3.63, 3.8) is 0 Å². The van der Waals surface area contributed by atoms with Crippen LogP contribution in [0.3, 0.4) is 0 Å². The summed E-state index contributed by atoms with van der Waals surface area (Å²) in [5.74, 6) is -0.155. The highest BCUT2D eigenvalue weighted by Gasteiger charge is 2.24. The lowest BCUT2D eigenvalue weighted by Crippen LogP contribution is -2.31. The van der Waals surface area contributed by atoms with Gasteiger partial charge in [-0.15, -0.1) is 0 Å². The summed E-state index contributed by atoms with van der Waals surface area (Å²) < 4.78 is 16.3. The Bertz CT molecular complexity index is 828. The fourth-order valence-electron chi connectivity index (χ4n) is 4.26. The fourth-order valence-corrected chi connectivity index (χ4v) is 4.26. The number of halogens is 1. The van der Waals surface area contributed by atoms with Gasteiger partial charge < -0.3 is 16.0 Å². The number of anilines is 1. The molecule has 27 heavy (non-hydrogen) atoms. The predicted octanol–water partition coefficient (Wildman–Crippen LogP) is 2.07. The standard InChI is InChI=1S/C20H26FN5O/c21-17-4-3-5-18(25-8-1-2-9-25)15(17)11-23-10-14-6-7-19-16(20(22)27)12-24-26(19)13-14/h3-5,12,14,23H,1-2,6-11,13H2,(H2,22,27). The van der Waals surface area contributed by atoms with Crippen LogP contribution in [0.1, 0.15) is 40.9 Å². The average Bonchev–Trinajstić information content (AvgIpc) is 3.32. The Kier molecular flexibility index (Phi) is 5.11. The van der Waals surface area contributed by atoms with Crippen LogP contribution in [0, 0.1) is 11.7 Å². The van der Waals surface area contributed by atoms with E-state index in [1.54, 1.807) is 18.3 Å². The minimum Gasteiger partial charge on any atom is -0.371 e. The summed E-state index contributed by atoms with van der Waals surface area (Å²) in [5.41, 5.74) is 8.64. The van der Waals surface area contributed by atoms with E-state index in [9.17, 15) is 9.18 Å². The number of hydrogen-bond donors (Lipinski definition) is 2. The van der Waals surface area contributed by atoms with Crippen LogP contribution in [0.5, 0.6) is 0 Å². The van der Waals surface area contributed by atoms with Gasteiger partial charge in [-0.1, -0.05) is 6.07 Å². The predicted molar refractivity (Wildman–Crippen MR) is 102 cm³/mol. The molecule has 1 saturated heterocycles. The van der Waals surface area contributed by atoms with E-state index in [0.29, 0.717) is 18.0 Å². The quantitative estimate of drug-likeness (QED) is 0.815. The number of benzene rings is 1. The third kappa shape index (κ3) is 3.69. The molecule has 2 aromatic rings. The molecule has 2 aliphatic rings. The maximum atomic E-state index is 14.4. The van der Waals surface area contributed by atoms with Gasteiger partial charge in [0.25, 0.3) is 5.91 Å². The zero-order chi connectivity index (χ0) is 18.8. The number of nitrogens with one attached hydrogen (secondary N) is 1. The molecule has 1 amide bonds. The van der Waals surface area contributed by atoms with Crippen molar-refractivity contribution < 1.29 is 9.18 Å². The van der Waals surface area contributed by atoms with Gasteiger partial charge >= 0.3 is 0 Å². The number of aromatic nitrogens is 2. The van der Waals surface area contributed by atoms with Gasteiger partial charge in [-0.3, -0.25) is 9.48 Å². The summed E-state index contributed by atoms with van der Waals surface area (Å²) in [4.78, 5) is 13.7. The van der Waals surface area contributed by atoms with Gasteiger partial charge in [0, 0.05) is 44.0 Å². The SMILES string of the molecule is NC(=O)c1cnn2c1CCC(CNCc1c(F)cccc1N1CCCC1)C2. The van der Waals surface area contributed by atoms with Gasteiger partial charge in [-0.2, -0.15) is 5.10 Å². The van der Waals surface area contributed by atoms with E-state index in [0.717, 1.165) is 56.0 Å². The molecular formula is C20H26FN5O. The number of carbonyl (C=O) groups excluding carboxylic acids is 1. The summed E-state index contributed by atoms with van der Waals surface area (Å²) in [7, 11) is 0. The molecular weight excluding hydrogens is 345 g/mol. The van der Waals surface area contributed by atoms with Crippen molar-refractivity contribution in [2.45, 2.75) is 38.8 Å².